The smallest absolute Gasteiger partial charge is 0.223 e. The number of nitrogens with zero attached hydrogens (tertiary/aromatic N) is 2. The standard InChI is InChI=1S/C13H15BrFN5/c1-2-5-17-11-7-12(20-13(16)19-11)18-10-6-8(15)3-4-9(10)14/h3-4,6-7H,2,5H2,1H3,(H4,16,17,18,19,20). The van der Waals surface area contributed by atoms with Crippen LogP contribution >= 0.6 is 15.9 Å². The van der Waals surface area contributed by atoms with Crippen LogP contribution in [-0.4, -0.2) is 16.5 Å². The molecule has 20 heavy (non-hydrogen) atoms. The molecular weight excluding hydrogens is 325 g/mol. The Balaban J connectivity index is 2.24. The maximum Gasteiger partial charge on any atom is 0.223 e. The van der Waals surface area contributed by atoms with Crippen LogP contribution in [0, 0.1) is 5.82 Å². The first kappa shape index (κ1) is 14.5. The van der Waals surface area contributed by atoms with Crippen molar-refractivity contribution in [1.82, 2.24) is 9.97 Å². The van der Waals surface area contributed by atoms with Crippen molar-refractivity contribution in [2.24, 2.45) is 0 Å². The minimum absolute atomic E-state index is 0.154. The summed E-state index contributed by atoms with van der Waals surface area (Å²) in [6, 6.07) is 6.10. The number of nitrogens with one attached hydrogen (secondary N) is 2. The fourth-order valence-electron chi connectivity index (χ4n) is 1.60. The Morgan fingerprint density at radius 3 is 2.75 bits per heavy atom. The van der Waals surface area contributed by atoms with Crippen LogP contribution in [0.25, 0.3) is 0 Å². The van der Waals surface area contributed by atoms with E-state index in [-0.39, 0.29) is 11.8 Å². The lowest BCUT2D eigenvalue weighted by molar-refractivity contribution is 0.628. The minimum Gasteiger partial charge on any atom is -0.370 e. The first-order chi connectivity index (χ1) is 9.58. The fourth-order valence-corrected chi connectivity index (χ4v) is 1.95. The minimum atomic E-state index is -0.331. The number of nitrogens with two attached hydrogens (primary N) is 1. The van der Waals surface area contributed by atoms with Crippen molar-refractivity contribution in [2.45, 2.75) is 13.3 Å². The first-order valence-electron chi connectivity index (χ1n) is 6.19. The summed E-state index contributed by atoms with van der Waals surface area (Å²) in [6.07, 6.45) is 0.974. The Bertz CT molecular complexity index is 605. The van der Waals surface area contributed by atoms with E-state index < -0.39 is 0 Å². The zero-order valence-electron chi connectivity index (χ0n) is 11.0. The summed E-state index contributed by atoms with van der Waals surface area (Å²) >= 11 is 3.35. The predicted octanol–water partition coefficient (Wildman–Crippen LogP) is 3.53. The summed E-state index contributed by atoms with van der Waals surface area (Å²) in [6.45, 7) is 2.85. The molecule has 5 nitrogen and oxygen atoms in total. The zero-order valence-corrected chi connectivity index (χ0v) is 12.5. The molecule has 1 aromatic carbocycles. The summed E-state index contributed by atoms with van der Waals surface area (Å²) in [5.41, 5.74) is 6.24. The molecule has 2 aromatic rings. The number of halogens is 2. The number of nitrogen functional groups attached to an aromatic ring is 1. The highest BCUT2D eigenvalue weighted by Gasteiger charge is 2.06. The molecule has 0 fully saturated rings. The molecule has 7 heteroatoms. The average molecular weight is 340 g/mol. The second-order valence-electron chi connectivity index (χ2n) is 4.17. The summed E-state index contributed by atoms with van der Waals surface area (Å²) in [7, 11) is 0. The lowest BCUT2D eigenvalue weighted by atomic mass is 10.3. The van der Waals surface area contributed by atoms with Crippen molar-refractivity contribution in [3.05, 3.63) is 34.6 Å². The Labute approximate surface area is 124 Å². The fraction of sp³-hybridized carbons (Fsp3) is 0.231. The Hall–Kier alpha value is -1.89. The van der Waals surface area contributed by atoms with Crippen LogP contribution in [0.2, 0.25) is 0 Å². The molecule has 4 N–H and O–H groups in total. The molecule has 1 heterocycles. The molecule has 0 radical (unpaired) electrons. The monoisotopic (exact) mass is 339 g/mol. The maximum absolute atomic E-state index is 13.2. The predicted molar refractivity (Wildman–Crippen MR) is 82.6 cm³/mol. The average Bonchev–Trinajstić information content (AvgIpc) is 2.40. The molecule has 0 spiro atoms. The highest BCUT2D eigenvalue weighted by molar-refractivity contribution is 9.10. The molecule has 0 aliphatic heterocycles. The summed E-state index contributed by atoms with van der Waals surface area (Å²) in [5, 5.41) is 6.14. The van der Waals surface area contributed by atoms with Gasteiger partial charge in [0, 0.05) is 17.1 Å². The van der Waals surface area contributed by atoms with Crippen molar-refractivity contribution < 1.29 is 4.39 Å². The van der Waals surface area contributed by atoms with Crippen LogP contribution in [0.5, 0.6) is 0 Å². The van der Waals surface area contributed by atoms with Gasteiger partial charge in [-0.2, -0.15) is 9.97 Å². The van der Waals surface area contributed by atoms with Crippen LogP contribution in [0.1, 0.15) is 13.3 Å². The molecule has 0 aliphatic rings. The van der Waals surface area contributed by atoms with Gasteiger partial charge in [-0.1, -0.05) is 6.92 Å². The number of hydrogen-bond donors (Lipinski definition) is 3. The molecular formula is C13H15BrFN5. The van der Waals surface area contributed by atoms with Crippen LogP contribution in [0.15, 0.2) is 28.7 Å². The van der Waals surface area contributed by atoms with Crippen LogP contribution in [0.3, 0.4) is 0 Å². The third kappa shape index (κ3) is 3.80. The summed E-state index contributed by atoms with van der Waals surface area (Å²) in [5.74, 6) is 0.958. The highest BCUT2D eigenvalue weighted by atomic mass is 79.9. The third-order valence-electron chi connectivity index (χ3n) is 2.49. The third-order valence-corrected chi connectivity index (χ3v) is 3.18. The van der Waals surface area contributed by atoms with E-state index in [0.717, 1.165) is 17.4 Å². The quantitative estimate of drug-likeness (QED) is 0.776. The molecule has 0 atom stereocenters. The van der Waals surface area contributed by atoms with Crippen molar-refractivity contribution in [3.63, 3.8) is 0 Å². The lowest BCUT2D eigenvalue weighted by Crippen LogP contribution is -2.07. The SMILES string of the molecule is CCCNc1cc(Nc2cc(F)ccc2Br)nc(N)n1. The topological polar surface area (TPSA) is 75.9 Å². The van der Waals surface area contributed by atoms with E-state index in [2.05, 4.69) is 43.5 Å². The van der Waals surface area contributed by atoms with E-state index in [4.69, 9.17) is 5.73 Å². The lowest BCUT2D eigenvalue weighted by Gasteiger charge is -2.10. The van der Waals surface area contributed by atoms with Gasteiger partial charge in [-0.25, -0.2) is 4.39 Å². The van der Waals surface area contributed by atoms with Crippen molar-refractivity contribution in [2.75, 3.05) is 22.9 Å². The molecule has 0 saturated carbocycles. The van der Waals surface area contributed by atoms with Gasteiger partial charge in [0.05, 0.1) is 5.69 Å². The van der Waals surface area contributed by atoms with E-state index in [0.29, 0.717) is 17.3 Å². The molecule has 0 amide bonds. The highest BCUT2D eigenvalue weighted by Crippen LogP contribution is 2.26. The number of aromatic nitrogens is 2. The number of benzene rings is 1. The van der Waals surface area contributed by atoms with Gasteiger partial charge in [-0.05, 0) is 40.5 Å². The summed E-state index contributed by atoms with van der Waals surface area (Å²) in [4.78, 5) is 8.16. The number of anilines is 4. The molecule has 0 unspecified atom stereocenters. The zero-order chi connectivity index (χ0) is 14.5. The van der Waals surface area contributed by atoms with Crippen LogP contribution in [0.4, 0.5) is 27.7 Å². The van der Waals surface area contributed by atoms with Crippen molar-refractivity contribution >= 4 is 39.2 Å². The molecule has 0 bridgehead atoms. The Morgan fingerprint density at radius 2 is 2.00 bits per heavy atom. The van der Waals surface area contributed by atoms with Gasteiger partial charge in [-0.15, -0.1) is 0 Å². The van der Waals surface area contributed by atoms with E-state index in [1.54, 1.807) is 12.1 Å². The van der Waals surface area contributed by atoms with Gasteiger partial charge in [0.15, 0.2) is 0 Å². The second kappa shape index (κ2) is 6.51. The Morgan fingerprint density at radius 1 is 1.25 bits per heavy atom. The van der Waals surface area contributed by atoms with Crippen molar-refractivity contribution in [3.8, 4) is 0 Å². The van der Waals surface area contributed by atoms with Crippen LogP contribution < -0.4 is 16.4 Å². The van der Waals surface area contributed by atoms with Gasteiger partial charge in [0.1, 0.15) is 17.5 Å². The van der Waals surface area contributed by atoms with Gasteiger partial charge in [-0.3, -0.25) is 0 Å². The van der Waals surface area contributed by atoms with E-state index in [1.165, 1.54) is 12.1 Å². The van der Waals surface area contributed by atoms with E-state index >= 15 is 0 Å². The van der Waals surface area contributed by atoms with Gasteiger partial charge in [0.2, 0.25) is 5.95 Å². The normalized spacial score (nSPS) is 10.3. The first-order valence-corrected chi connectivity index (χ1v) is 6.98. The van der Waals surface area contributed by atoms with Crippen LogP contribution in [-0.2, 0) is 0 Å². The van der Waals surface area contributed by atoms with Gasteiger partial charge >= 0.3 is 0 Å². The summed E-state index contributed by atoms with van der Waals surface area (Å²) < 4.78 is 14.0. The molecule has 1 aromatic heterocycles. The maximum atomic E-state index is 13.2. The van der Waals surface area contributed by atoms with Gasteiger partial charge in [0.25, 0.3) is 0 Å². The van der Waals surface area contributed by atoms with E-state index in [9.17, 15) is 4.39 Å². The Kier molecular flexibility index (Phi) is 4.73. The molecule has 106 valence electrons. The van der Waals surface area contributed by atoms with Crippen molar-refractivity contribution in [1.29, 1.82) is 0 Å². The van der Waals surface area contributed by atoms with E-state index in [1.807, 2.05) is 0 Å². The van der Waals surface area contributed by atoms with Gasteiger partial charge < -0.3 is 16.4 Å². The molecule has 0 aliphatic carbocycles. The number of hydrogen-bond acceptors (Lipinski definition) is 5. The molecule has 2 rings (SSSR count). The molecule has 0 saturated heterocycles. The second-order valence-corrected chi connectivity index (χ2v) is 5.03. The number of rotatable bonds is 5. The largest absolute Gasteiger partial charge is 0.370 e.